The maximum absolute atomic E-state index is 12.3. The number of carboxylic acids is 1. The summed E-state index contributed by atoms with van der Waals surface area (Å²) in [6.45, 7) is 0. The molecule has 0 saturated carbocycles. The monoisotopic (exact) mass is 236 g/mol. The normalized spacial score (nSPS) is 10.7. The van der Waals surface area contributed by atoms with Crippen molar-refractivity contribution in [2.75, 3.05) is 5.73 Å². The van der Waals surface area contributed by atoms with E-state index in [4.69, 9.17) is 22.4 Å². The van der Waals surface area contributed by atoms with Crippen LogP contribution in [0.25, 0.3) is 0 Å². The Hall–Kier alpha value is -1.43. The fourth-order valence-electron chi connectivity index (χ4n) is 1.02. The average molecular weight is 237 g/mol. The minimum atomic E-state index is -2.83. The fourth-order valence-corrected chi connectivity index (χ4v) is 1.24. The van der Waals surface area contributed by atoms with Crippen LogP contribution in [-0.4, -0.2) is 16.1 Å². The molecule has 3 N–H and O–H groups in total. The van der Waals surface area contributed by atoms with Gasteiger partial charge >= 0.3 is 5.97 Å². The number of rotatable bonds is 3. The van der Waals surface area contributed by atoms with E-state index in [1.807, 2.05) is 0 Å². The lowest BCUT2D eigenvalue weighted by molar-refractivity contribution is -0.136. The Balaban J connectivity index is 3.13. The van der Waals surface area contributed by atoms with Gasteiger partial charge in [0, 0.05) is 5.56 Å². The van der Waals surface area contributed by atoms with Gasteiger partial charge in [-0.2, -0.15) is 0 Å². The van der Waals surface area contributed by atoms with Crippen molar-refractivity contribution in [3.8, 4) is 0 Å². The first-order valence-corrected chi connectivity index (χ1v) is 4.24. The quantitative estimate of drug-likeness (QED) is 0.786. The molecule has 1 heterocycles. The van der Waals surface area contributed by atoms with Crippen molar-refractivity contribution in [1.29, 1.82) is 0 Å². The van der Waals surface area contributed by atoms with Crippen molar-refractivity contribution >= 4 is 23.3 Å². The number of hydrogen-bond acceptors (Lipinski definition) is 3. The van der Waals surface area contributed by atoms with Crippen molar-refractivity contribution in [1.82, 2.24) is 4.98 Å². The molecular formula is C8H7ClF2N2O2. The molecule has 0 aliphatic rings. The van der Waals surface area contributed by atoms with E-state index in [2.05, 4.69) is 4.98 Å². The second-order valence-electron chi connectivity index (χ2n) is 2.78. The minimum Gasteiger partial charge on any atom is -0.481 e. The highest BCUT2D eigenvalue weighted by molar-refractivity contribution is 6.30. The lowest BCUT2D eigenvalue weighted by Gasteiger charge is -2.07. The van der Waals surface area contributed by atoms with Gasteiger partial charge in [-0.25, -0.2) is 13.8 Å². The van der Waals surface area contributed by atoms with Crippen LogP contribution in [0.5, 0.6) is 0 Å². The minimum absolute atomic E-state index is 0.117. The number of anilines is 1. The number of aromatic nitrogens is 1. The Bertz CT molecular complexity index is 398. The third-order valence-corrected chi connectivity index (χ3v) is 1.98. The molecule has 0 spiro atoms. The predicted octanol–water partition coefficient (Wildman–Crippen LogP) is 1.88. The SMILES string of the molecule is Nc1cc(CC(=O)O)c(Cl)nc1C(F)F. The Morgan fingerprint density at radius 3 is 2.73 bits per heavy atom. The molecule has 0 amide bonds. The number of carbonyl (C=O) groups is 1. The largest absolute Gasteiger partial charge is 0.481 e. The molecule has 0 fully saturated rings. The van der Waals surface area contributed by atoms with Gasteiger partial charge in [-0.15, -0.1) is 0 Å². The van der Waals surface area contributed by atoms with Gasteiger partial charge in [-0.3, -0.25) is 4.79 Å². The van der Waals surface area contributed by atoms with Gasteiger partial charge in [-0.1, -0.05) is 11.6 Å². The number of carboxylic acid groups (broad SMARTS) is 1. The smallest absolute Gasteiger partial charge is 0.307 e. The fraction of sp³-hybridized carbons (Fsp3) is 0.250. The van der Waals surface area contributed by atoms with E-state index >= 15 is 0 Å². The lowest BCUT2D eigenvalue weighted by Crippen LogP contribution is -2.06. The second-order valence-corrected chi connectivity index (χ2v) is 3.14. The Labute approximate surface area is 88.7 Å². The van der Waals surface area contributed by atoms with Crippen LogP contribution < -0.4 is 5.73 Å². The first kappa shape index (κ1) is 11.6. The summed E-state index contributed by atoms with van der Waals surface area (Å²) in [5.41, 5.74) is 4.50. The van der Waals surface area contributed by atoms with Crippen LogP contribution in [0.1, 0.15) is 17.7 Å². The third kappa shape index (κ3) is 2.76. The molecule has 1 aromatic heterocycles. The molecule has 0 radical (unpaired) electrons. The van der Waals surface area contributed by atoms with Crippen molar-refractivity contribution in [3.05, 3.63) is 22.5 Å². The lowest BCUT2D eigenvalue weighted by atomic mass is 10.1. The summed E-state index contributed by atoms with van der Waals surface area (Å²) >= 11 is 5.53. The summed E-state index contributed by atoms with van der Waals surface area (Å²) in [5.74, 6) is -1.14. The van der Waals surface area contributed by atoms with Crippen LogP contribution in [-0.2, 0) is 11.2 Å². The van der Waals surface area contributed by atoms with Crippen LogP contribution in [0.4, 0.5) is 14.5 Å². The molecule has 0 saturated heterocycles. The van der Waals surface area contributed by atoms with Crippen LogP contribution in [0.15, 0.2) is 6.07 Å². The Kier molecular flexibility index (Phi) is 3.41. The van der Waals surface area contributed by atoms with Gasteiger partial charge in [0.15, 0.2) is 0 Å². The second kappa shape index (κ2) is 4.39. The zero-order valence-electron chi connectivity index (χ0n) is 7.38. The highest BCUT2D eigenvalue weighted by Crippen LogP contribution is 2.27. The van der Waals surface area contributed by atoms with Crippen molar-refractivity contribution in [2.45, 2.75) is 12.8 Å². The molecule has 0 unspecified atom stereocenters. The molecule has 15 heavy (non-hydrogen) atoms. The molecule has 0 aliphatic heterocycles. The zero-order chi connectivity index (χ0) is 11.6. The van der Waals surface area contributed by atoms with Gasteiger partial charge in [0.2, 0.25) is 0 Å². The van der Waals surface area contributed by atoms with E-state index in [0.717, 1.165) is 6.07 Å². The Morgan fingerprint density at radius 1 is 1.67 bits per heavy atom. The van der Waals surface area contributed by atoms with Crippen LogP contribution in [0, 0.1) is 0 Å². The maximum atomic E-state index is 12.3. The molecular weight excluding hydrogens is 230 g/mol. The molecule has 4 nitrogen and oxygen atoms in total. The molecule has 0 aliphatic carbocycles. The molecule has 0 aromatic carbocycles. The van der Waals surface area contributed by atoms with Gasteiger partial charge in [0.25, 0.3) is 6.43 Å². The van der Waals surface area contributed by atoms with Crippen LogP contribution >= 0.6 is 11.6 Å². The summed E-state index contributed by atoms with van der Waals surface area (Å²) in [6.07, 6.45) is -3.24. The maximum Gasteiger partial charge on any atom is 0.307 e. The number of nitrogens with two attached hydrogens (primary N) is 1. The van der Waals surface area contributed by atoms with E-state index in [-0.39, 0.29) is 16.4 Å². The topological polar surface area (TPSA) is 76.2 Å². The number of aliphatic carboxylic acids is 1. The van der Waals surface area contributed by atoms with Gasteiger partial charge in [-0.05, 0) is 6.07 Å². The zero-order valence-corrected chi connectivity index (χ0v) is 8.13. The number of halogens is 3. The van der Waals surface area contributed by atoms with Gasteiger partial charge < -0.3 is 10.8 Å². The third-order valence-electron chi connectivity index (χ3n) is 1.66. The first-order valence-electron chi connectivity index (χ1n) is 3.86. The first-order chi connectivity index (χ1) is 6.91. The van der Waals surface area contributed by atoms with E-state index < -0.39 is 24.5 Å². The summed E-state index contributed by atoms with van der Waals surface area (Å²) in [4.78, 5) is 13.7. The van der Waals surface area contributed by atoms with Crippen molar-refractivity contribution in [2.24, 2.45) is 0 Å². The van der Waals surface area contributed by atoms with E-state index in [1.54, 1.807) is 0 Å². The van der Waals surface area contributed by atoms with Crippen molar-refractivity contribution < 1.29 is 18.7 Å². The molecule has 0 bridgehead atoms. The highest BCUT2D eigenvalue weighted by Gasteiger charge is 2.17. The number of alkyl halides is 2. The van der Waals surface area contributed by atoms with Gasteiger partial charge in [0.05, 0.1) is 12.1 Å². The molecule has 1 aromatic rings. The van der Waals surface area contributed by atoms with Crippen LogP contribution in [0.2, 0.25) is 5.15 Å². The van der Waals surface area contributed by atoms with Gasteiger partial charge in [0.1, 0.15) is 10.8 Å². The van der Waals surface area contributed by atoms with Crippen molar-refractivity contribution in [3.63, 3.8) is 0 Å². The summed E-state index contributed by atoms with van der Waals surface area (Å²) in [5, 5.41) is 8.22. The van der Waals surface area contributed by atoms with Crippen LogP contribution in [0.3, 0.4) is 0 Å². The standard InChI is InChI=1S/C8H7ClF2N2O2/c9-7-3(2-5(14)15)1-4(12)6(13-7)8(10)11/h1,8H,2,12H2,(H,14,15). The van der Waals surface area contributed by atoms with E-state index in [1.165, 1.54) is 0 Å². The highest BCUT2D eigenvalue weighted by atomic mass is 35.5. The number of nitrogen functional groups attached to an aromatic ring is 1. The molecule has 1 rings (SSSR count). The van der Waals surface area contributed by atoms with E-state index in [0.29, 0.717) is 0 Å². The summed E-state index contributed by atoms with van der Waals surface area (Å²) in [7, 11) is 0. The average Bonchev–Trinajstić information content (AvgIpc) is 2.09. The Morgan fingerprint density at radius 2 is 2.27 bits per heavy atom. The summed E-state index contributed by atoms with van der Waals surface area (Å²) < 4.78 is 24.6. The molecule has 0 atom stereocenters. The summed E-state index contributed by atoms with van der Waals surface area (Å²) in [6, 6.07) is 1.10. The number of nitrogens with zero attached hydrogens (tertiary/aromatic N) is 1. The molecule has 82 valence electrons. The number of pyridine rings is 1. The number of hydrogen-bond donors (Lipinski definition) is 2. The van der Waals surface area contributed by atoms with E-state index in [9.17, 15) is 13.6 Å². The predicted molar refractivity (Wildman–Crippen MR) is 50.0 cm³/mol. The molecule has 7 heteroatoms.